The summed E-state index contributed by atoms with van der Waals surface area (Å²) in [6.07, 6.45) is 1.43. The van der Waals surface area contributed by atoms with E-state index in [1.165, 1.54) is 6.07 Å². The molecule has 3 saturated heterocycles. The number of rotatable bonds is 11. The van der Waals surface area contributed by atoms with Crippen LogP contribution in [0.5, 0.6) is 0 Å². The molecule has 2 aromatic rings. The van der Waals surface area contributed by atoms with Gasteiger partial charge in [-0.25, -0.2) is 4.79 Å². The van der Waals surface area contributed by atoms with Gasteiger partial charge in [0.1, 0.15) is 5.54 Å². The second-order valence-corrected chi connectivity index (χ2v) is 17.2. The maximum Gasteiger partial charge on any atom is 0.417 e. The Hall–Kier alpha value is -4.17. The van der Waals surface area contributed by atoms with Crippen molar-refractivity contribution >= 4 is 59.7 Å². The Balaban J connectivity index is 0.00000641. The first-order valence-electron chi connectivity index (χ1n) is 19.5. The van der Waals surface area contributed by atoms with E-state index in [-0.39, 0.29) is 71.7 Å². The average molecular weight is 847 g/mol. The third-order valence-electron chi connectivity index (χ3n) is 11.8. The minimum absolute atomic E-state index is 0. The number of nitriles is 1. The number of alkyl halides is 3. The van der Waals surface area contributed by atoms with Crippen LogP contribution in [-0.4, -0.2) is 86.7 Å². The van der Waals surface area contributed by atoms with E-state index in [1.807, 2.05) is 12.1 Å². The molecule has 0 aromatic heterocycles. The van der Waals surface area contributed by atoms with Gasteiger partial charge in [-0.05, 0) is 133 Å². The summed E-state index contributed by atoms with van der Waals surface area (Å²) >= 11 is 0.638. The normalized spacial score (nSPS) is 26.5. The van der Waals surface area contributed by atoms with E-state index in [1.54, 1.807) is 36.9 Å². The third kappa shape index (κ3) is 9.98. The van der Waals surface area contributed by atoms with Crippen LogP contribution in [0.25, 0.3) is 0 Å². The molecule has 0 bridgehead atoms. The number of amides is 6. The Kier molecular flexibility index (Phi) is 14.2. The van der Waals surface area contributed by atoms with Crippen LogP contribution >= 0.6 is 24.4 Å². The quantitative estimate of drug-likeness (QED) is 0.134. The standard InChI is InChI=1S/C41H49F3N6O6S.ClH/c1-24-19-26(20-25(2)48(24)23-36(52)46-29-8-5-27(6-9-29)33-15-16-35(51)47-37(33)53)17-18-56-31-12-10-30(11-13-31)49-39(55)50(38(54)40(49,3)4)57-32-14-7-28(22-45)34(21-32)41(42,43)44;/h5-9,14,21,24-26,30-31,33H,10-13,15-20,23H2,1-4H3,(H,46,52)(H,47,51,53);1H. The molecule has 4 aliphatic rings. The predicted octanol–water partition coefficient (Wildman–Crippen LogP) is 7.41. The van der Waals surface area contributed by atoms with E-state index < -0.39 is 34.8 Å². The van der Waals surface area contributed by atoms with Crippen LogP contribution in [0.15, 0.2) is 47.4 Å². The van der Waals surface area contributed by atoms with Crippen LogP contribution in [-0.2, 0) is 30.1 Å². The Bertz CT molecular complexity index is 1910. The summed E-state index contributed by atoms with van der Waals surface area (Å²) in [4.78, 5) is 67.6. The third-order valence-corrected chi connectivity index (χ3v) is 12.8. The number of hydrogen-bond acceptors (Lipinski definition) is 9. The average Bonchev–Trinajstić information content (AvgIpc) is 3.32. The van der Waals surface area contributed by atoms with Crippen molar-refractivity contribution in [2.24, 2.45) is 5.92 Å². The number of carbonyl (C=O) groups is 5. The van der Waals surface area contributed by atoms with Gasteiger partial charge in [-0.15, -0.1) is 12.4 Å². The Morgan fingerprint density at radius 3 is 2.26 bits per heavy atom. The van der Waals surface area contributed by atoms with E-state index in [9.17, 15) is 37.1 Å². The first-order valence-corrected chi connectivity index (χ1v) is 20.3. The second kappa shape index (κ2) is 18.4. The Morgan fingerprint density at radius 1 is 1.00 bits per heavy atom. The monoisotopic (exact) mass is 846 g/mol. The van der Waals surface area contributed by atoms with E-state index in [4.69, 9.17) is 10.00 Å². The molecule has 12 nitrogen and oxygen atoms in total. The maximum absolute atomic E-state index is 13.6. The summed E-state index contributed by atoms with van der Waals surface area (Å²) in [5.74, 6) is -1.12. The molecule has 6 amide bonds. The van der Waals surface area contributed by atoms with Gasteiger partial charge in [0, 0.05) is 41.7 Å². The molecule has 4 fully saturated rings. The van der Waals surface area contributed by atoms with Gasteiger partial charge in [0.15, 0.2) is 0 Å². The zero-order valence-corrected chi connectivity index (χ0v) is 34.6. The van der Waals surface area contributed by atoms with Gasteiger partial charge in [-0.1, -0.05) is 12.1 Å². The molecule has 58 heavy (non-hydrogen) atoms. The van der Waals surface area contributed by atoms with Crippen molar-refractivity contribution in [3.05, 3.63) is 59.2 Å². The topological polar surface area (TPSA) is 152 Å². The Morgan fingerprint density at radius 2 is 1.66 bits per heavy atom. The number of halogens is 4. The minimum Gasteiger partial charge on any atom is -0.378 e. The highest BCUT2D eigenvalue weighted by Gasteiger charge is 2.55. The van der Waals surface area contributed by atoms with Crippen LogP contribution in [0, 0.1) is 17.2 Å². The van der Waals surface area contributed by atoms with Crippen molar-refractivity contribution in [2.45, 2.75) is 132 Å². The molecule has 6 rings (SSSR count). The van der Waals surface area contributed by atoms with E-state index in [2.05, 4.69) is 29.4 Å². The van der Waals surface area contributed by atoms with Gasteiger partial charge in [0.25, 0.3) is 5.91 Å². The van der Waals surface area contributed by atoms with Crippen molar-refractivity contribution in [1.82, 2.24) is 19.4 Å². The van der Waals surface area contributed by atoms with Crippen molar-refractivity contribution in [3.8, 4) is 6.07 Å². The lowest BCUT2D eigenvalue weighted by molar-refractivity contribution is -0.138. The number of nitrogens with zero attached hydrogens (tertiary/aromatic N) is 4. The number of hydrogen-bond donors (Lipinski definition) is 2. The lowest BCUT2D eigenvalue weighted by atomic mass is 9.85. The highest BCUT2D eigenvalue weighted by atomic mass is 35.5. The molecule has 2 N–H and O–H groups in total. The van der Waals surface area contributed by atoms with Crippen molar-refractivity contribution in [1.29, 1.82) is 5.26 Å². The molecule has 1 saturated carbocycles. The summed E-state index contributed by atoms with van der Waals surface area (Å²) in [6, 6.07) is 11.5. The van der Waals surface area contributed by atoms with Gasteiger partial charge in [-0.2, -0.15) is 22.7 Å². The molecule has 0 spiro atoms. The number of imide groups is 2. The predicted molar refractivity (Wildman–Crippen MR) is 213 cm³/mol. The molecule has 3 atom stereocenters. The summed E-state index contributed by atoms with van der Waals surface area (Å²) < 4.78 is 47.9. The number of likely N-dealkylation sites (tertiary alicyclic amines) is 1. The summed E-state index contributed by atoms with van der Waals surface area (Å²) in [7, 11) is 0. The number of urea groups is 1. The SMILES string of the molecule is CC1CC(CCOC2CCC(N3C(=O)N(Sc4ccc(C#N)c(C(F)(F)F)c4)C(=O)C3(C)C)CC2)CC(C)N1CC(=O)Nc1ccc(C2CCC(=O)NC2=O)cc1.Cl. The zero-order chi connectivity index (χ0) is 41.2. The molecule has 2 aromatic carbocycles. The highest BCUT2D eigenvalue weighted by molar-refractivity contribution is 7.98. The maximum atomic E-state index is 13.6. The van der Waals surface area contributed by atoms with Crippen LogP contribution in [0.2, 0.25) is 0 Å². The minimum atomic E-state index is -4.76. The largest absolute Gasteiger partial charge is 0.417 e. The van der Waals surface area contributed by atoms with Crippen molar-refractivity contribution in [3.63, 3.8) is 0 Å². The zero-order valence-electron chi connectivity index (χ0n) is 33.0. The summed E-state index contributed by atoms with van der Waals surface area (Å²) in [6.45, 7) is 8.44. The van der Waals surface area contributed by atoms with E-state index >= 15 is 0 Å². The molecule has 3 heterocycles. The van der Waals surface area contributed by atoms with Crippen LogP contribution in [0.3, 0.4) is 0 Å². The lowest BCUT2D eigenvalue weighted by Crippen LogP contribution is -2.51. The summed E-state index contributed by atoms with van der Waals surface area (Å²) in [5.41, 5.74) is -1.38. The Labute approximate surface area is 347 Å². The first kappa shape index (κ1) is 44.9. The van der Waals surface area contributed by atoms with E-state index in [0.29, 0.717) is 68.7 Å². The molecule has 0 radical (unpaired) electrons. The molecule has 3 unspecified atom stereocenters. The number of nitrogens with one attached hydrogen (secondary N) is 2. The van der Waals surface area contributed by atoms with Crippen LogP contribution < -0.4 is 10.6 Å². The number of carbonyl (C=O) groups excluding carboxylic acids is 5. The van der Waals surface area contributed by atoms with Crippen molar-refractivity contribution in [2.75, 3.05) is 18.5 Å². The van der Waals surface area contributed by atoms with Crippen LogP contribution in [0.4, 0.5) is 23.7 Å². The number of benzene rings is 2. The molecule has 3 aliphatic heterocycles. The van der Waals surface area contributed by atoms with Gasteiger partial charge < -0.3 is 15.0 Å². The molecule has 1 aliphatic carbocycles. The molecule has 17 heteroatoms. The molecular formula is C41H50ClF3N6O6S. The van der Waals surface area contributed by atoms with E-state index in [0.717, 1.165) is 41.3 Å². The summed E-state index contributed by atoms with van der Waals surface area (Å²) in [5, 5.41) is 14.5. The fourth-order valence-electron chi connectivity index (χ4n) is 8.85. The molecular weight excluding hydrogens is 797 g/mol. The number of ether oxygens (including phenoxy) is 1. The van der Waals surface area contributed by atoms with Crippen molar-refractivity contribution < 1.29 is 41.9 Å². The lowest BCUT2D eigenvalue weighted by Gasteiger charge is -2.42. The fraction of sp³-hybridized carbons (Fsp3) is 0.561. The highest BCUT2D eigenvalue weighted by Crippen LogP contribution is 2.42. The number of piperidine rings is 2. The smallest absolute Gasteiger partial charge is 0.378 e. The second-order valence-electron chi connectivity index (χ2n) is 16.2. The number of anilines is 1. The van der Waals surface area contributed by atoms with Gasteiger partial charge >= 0.3 is 12.2 Å². The van der Waals surface area contributed by atoms with Crippen LogP contribution in [0.1, 0.15) is 108 Å². The molecule has 314 valence electrons. The fourth-order valence-corrected chi connectivity index (χ4v) is 9.83. The first-order chi connectivity index (χ1) is 27.0. The van der Waals surface area contributed by atoms with Gasteiger partial charge in [0.2, 0.25) is 17.7 Å². The van der Waals surface area contributed by atoms with Gasteiger partial charge in [0.05, 0.1) is 35.8 Å². The van der Waals surface area contributed by atoms with Gasteiger partial charge in [-0.3, -0.25) is 29.4 Å².